The van der Waals surface area contributed by atoms with Gasteiger partial charge in [0.2, 0.25) is 5.95 Å². The van der Waals surface area contributed by atoms with E-state index in [9.17, 15) is 9.18 Å². The molecule has 0 saturated heterocycles. The van der Waals surface area contributed by atoms with Crippen molar-refractivity contribution in [3.63, 3.8) is 0 Å². The van der Waals surface area contributed by atoms with Gasteiger partial charge in [-0.1, -0.05) is 47.5 Å². The molecule has 0 spiro atoms. The van der Waals surface area contributed by atoms with Gasteiger partial charge in [-0.3, -0.25) is 4.79 Å². The first-order chi connectivity index (χ1) is 17.8. The standard InChI is InChI=1S/C28H25ClFN5O2/c1-16-7-12-24(17(2)13-16)34-27(36)25-18(3)33-28-31-15-32-35(28)26(25)19-8-10-20(11-9-19)37-14-21-22(29)5-4-6-23(21)30/h4-13,15,26H,14H2,1-3H3,(H,34,36)(H,31,32,33). The molecule has 0 bridgehead atoms. The maximum Gasteiger partial charge on any atom is 0.255 e. The van der Waals surface area contributed by atoms with E-state index < -0.39 is 11.9 Å². The predicted octanol–water partition coefficient (Wildman–Crippen LogP) is 6.19. The molecule has 0 radical (unpaired) electrons. The highest BCUT2D eigenvalue weighted by Crippen LogP contribution is 2.36. The lowest BCUT2D eigenvalue weighted by Crippen LogP contribution is -2.31. The average molecular weight is 518 g/mol. The number of benzene rings is 3. The number of aryl methyl sites for hydroxylation is 2. The first-order valence-corrected chi connectivity index (χ1v) is 12.1. The van der Waals surface area contributed by atoms with E-state index in [-0.39, 0.29) is 12.5 Å². The minimum Gasteiger partial charge on any atom is -0.489 e. The van der Waals surface area contributed by atoms with E-state index in [1.54, 1.807) is 28.9 Å². The van der Waals surface area contributed by atoms with Crippen LogP contribution >= 0.6 is 11.6 Å². The lowest BCUT2D eigenvalue weighted by atomic mass is 9.94. The Morgan fingerprint density at radius 1 is 1.14 bits per heavy atom. The van der Waals surface area contributed by atoms with Crippen molar-refractivity contribution < 1.29 is 13.9 Å². The molecule has 37 heavy (non-hydrogen) atoms. The number of rotatable bonds is 6. The van der Waals surface area contributed by atoms with Crippen LogP contribution in [0.3, 0.4) is 0 Å². The van der Waals surface area contributed by atoms with Gasteiger partial charge in [-0.2, -0.15) is 10.1 Å². The van der Waals surface area contributed by atoms with Crippen molar-refractivity contribution in [2.24, 2.45) is 0 Å². The van der Waals surface area contributed by atoms with Crippen molar-refractivity contribution in [1.29, 1.82) is 0 Å². The Hall–Kier alpha value is -4.17. The molecule has 1 aliphatic heterocycles. The Bertz CT molecular complexity index is 1490. The Labute approximate surface area is 218 Å². The summed E-state index contributed by atoms with van der Waals surface area (Å²) < 4.78 is 21.6. The molecule has 7 nitrogen and oxygen atoms in total. The molecule has 188 valence electrons. The second-order valence-electron chi connectivity index (χ2n) is 8.92. The SMILES string of the molecule is CC1=C(C(=O)Nc2ccc(C)cc2C)C(c2ccc(OCc3c(F)cccc3Cl)cc2)n2ncnc2N1. The second kappa shape index (κ2) is 10.1. The molecular formula is C28H25ClFN5O2. The maximum atomic E-state index is 14.1. The first-order valence-electron chi connectivity index (χ1n) is 11.7. The van der Waals surface area contributed by atoms with Crippen LogP contribution in [-0.4, -0.2) is 20.7 Å². The number of ether oxygens (including phenoxy) is 1. The van der Waals surface area contributed by atoms with Gasteiger partial charge in [-0.15, -0.1) is 0 Å². The van der Waals surface area contributed by atoms with Crippen molar-refractivity contribution in [2.75, 3.05) is 10.6 Å². The van der Waals surface area contributed by atoms with Crippen LogP contribution in [0.5, 0.6) is 5.75 Å². The van der Waals surface area contributed by atoms with Gasteiger partial charge in [-0.05, 0) is 62.2 Å². The predicted molar refractivity (Wildman–Crippen MR) is 141 cm³/mol. The van der Waals surface area contributed by atoms with E-state index in [4.69, 9.17) is 16.3 Å². The number of carbonyl (C=O) groups is 1. The van der Waals surface area contributed by atoms with Gasteiger partial charge < -0.3 is 15.4 Å². The molecule has 2 N–H and O–H groups in total. The summed E-state index contributed by atoms with van der Waals surface area (Å²) in [4.78, 5) is 17.9. The summed E-state index contributed by atoms with van der Waals surface area (Å²) in [5.74, 6) is 0.424. The summed E-state index contributed by atoms with van der Waals surface area (Å²) >= 11 is 6.11. The molecule has 1 atom stereocenters. The lowest BCUT2D eigenvalue weighted by Gasteiger charge is -2.29. The molecule has 0 saturated carbocycles. The van der Waals surface area contributed by atoms with Crippen molar-refractivity contribution >= 4 is 29.1 Å². The summed E-state index contributed by atoms with van der Waals surface area (Å²) in [6.07, 6.45) is 1.45. The van der Waals surface area contributed by atoms with Gasteiger partial charge in [0.1, 0.15) is 30.5 Å². The van der Waals surface area contributed by atoms with Gasteiger partial charge in [0.15, 0.2) is 0 Å². The van der Waals surface area contributed by atoms with Crippen molar-refractivity contribution in [2.45, 2.75) is 33.4 Å². The maximum absolute atomic E-state index is 14.1. The zero-order chi connectivity index (χ0) is 26.1. The number of amides is 1. The fourth-order valence-electron chi connectivity index (χ4n) is 4.41. The fraction of sp³-hybridized carbons (Fsp3) is 0.179. The molecule has 4 aromatic rings. The molecule has 2 heterocycles. The van der Waals surface area contributed by atoms with E-state index >= 15 is 0 Å². The molecule has 1 amide bonds. The molecule has 1 aliphatic rings. The minimum absolute atomic E-state index is 0.00596. The highest BCUT2D eigenvalue weighted by atomic mass is 35.5. The number of carbonyl (C=O) groups excluding carboxylic acids is 1. The third-order valence-electron chi connectivity index (χ3n) is 6.31. The zero-order valence-corrected chi connectivity index (χ0v) is 21.3. The number of anilines is 2. The van der Waals surface area contributed by atoms with Crippen LogP contribution in [0.25, 0.3) is 0 Å². The van der Waals surface area contributed by atoms with Gasteiger partial charge in [0.05, 0.1) is 10.6 Å². The molecular weight excluding hydrogens is 493 g/mol. The van der Waals surface area contributed by atoms with Crippen LogP contribution in [0.4, 0.5) is 16.0 Å². The highest BCUT2D eigenvalue weighted by Gasteiger charge is 2.33. The average Bonchev–Trinajstić information content (AvgIpc) is 3.33. The topological polar surface area (TPSA) is 81.1 Å². The number of allylic oxidation sites excluding steroid dienone is 1. The van der Waals surface area contributed by atoms with Crippen LogP contribution in [-0.2, 0) is 11.4 Å². The van der Waals surface area contributed by atoms with Crippen LogP contribution in [0.1, 0.15) is 35.2 Å². The first kappa shape index (κ1) is 24.5. The summed E-state index contributed by atoms with van der Waals surface area (Å²) in [6.45, 7) is 5.81. The number of hydrogen-bond donors (Lipinski definition) is 2. The Morgan fingerprint density at radius 3 is 2.65 bits per heavy atom. The smallest absolute Gasteiger partial charge is 0.255 e. The number of fused-ring (bicyclic) bond motifs is 1. The second-order valence-corrected chi connectivity index (χ2v) is 9.33. The van der Waals surface area contributed by atoms with Crippen molar-refractivity contribution in [3.05, 3.63) is 111 Å². The van der Waals surface area contributed by atoms with Crippen LogP contribution in [0.2, 0.25) is 5.02 Å². The molecule has 0 fully saturated rings. The highest BCUT2D eigenvalue weighted by molar-refractivity contribution is 6.31. The number of nitrogens with one attached hydrogen (secondary N) is 2. The third-order valence-corrected chi connectivity index (χ3v) is 6.66. The molecule has 1 aromatic heterocycles. The Balaban J connectivity index is 1.42. The van der Waals surface area contributed by atoms with E-state index in [1.165, 1.54) is 12.4 Å². The minimum atomic E-state index is -0.514. The molecule has 1 unspecified atom stereocenters. The summed E-state index contributed by atoms with van der Waals surface area (Å²) in [7, 11) is 0. The number of halogens is 2. The number of nitrogens with zero attached hydrogens (tertiary/aromatic N) is 3. The van der Waals surface area contributed by atoms with E-state index in [1.807, 2.05) is 51.1 Å². The van der Waals surface area contributed by atoms with Crippen LogP contribution in [0, 0.1) is 19.7 Å². The summed E-state index contributed by atoms with van der Waals surface area (Å²) in [5.41, 5.74) is 5.15. The quantitative estimate of drug-likeness (QED) is 0.318. The monoisotopic (exact) mass is 517 g/mol. The Morgan fingerprint density at radius 2 is 1.92 bits per heavy atom. The van der Waals surface area contributed by atoms with E-state index in [2.05, 4.69) is 20.7 Å². The lowest BCUT2D eigenvalue weighted by molar-refractivity contribution is -0.113. The van der Waals surface area contributed by atoms with Crippen molar-refractivity contribution in [3.8, 4) is 5.75 Å². The largest absolute Gasteiger partial charge is 0.489 e. The van der Waals surface area contributed by atoms with Crippen LogP contribution in [0.15, 0.2) is 78.3 Å². The van der Waals surface area contributed by atoms with E-state index in [0.717, 1.165) is 22.4 Å². The molecule has 5 rings (SSSR count). The third kappa shape index (κ3) is 4.93. The number of hydrogen-bond acceptors (Lipinski definition) is 5. The van der Waals surface area contributed by atoms with Gasteiger partial charge in [-0.25, -0.2) is 9.07 Å². The van der Waals surface area contributed by atoms with Gasteiger partial charge >= 0.3 is 0 Å². The summed E-state index contributed by atoms with van der Waals surface area (Å²) in [5, 5.41) is 10.9. The Kier molecular flexibility index (Phi) is 6.67. The normalized spacial score (nSPS) is 14.7. The van der Waals surface area contributed by atoms with E-state index in [0.29, 0.717) is 33.6 Å². The molecule has 9 heteroatoms. The van der Waals surface area contributed by atoms with Crippen molar-refractivity contribution in [1.82, 2.24) is 14.8 Å². The number of aromatic nitrogens is 3. The fourth-order valence-corrected chi connectivity index (χ4v) is 4.63. The van der Waals surface area contributed by atoms with Gasteiger partial charge in [0.25, 0.3) is 5.91 Å². The van der Waals surface area contributed by atoms with Gasteiger partial charge in [0, 0.05) is 16.9 Å². The molecule has 0 aliphatic carbocycles. The zero-order valence-electron chi connectivity index (χ0n) is 20.5. The molecule has 3 aromatic carbocycles. The summed E-state index contributed by atoms with van der Waals surface area (Å²) in [6, 6.07) is 17.2. The van der Waals surface area contributed by atoms with Crippen LogP contribution < -0.4 is 15.4 Å².